The second kappa shape index (κ2) is 9.60. The molecule has 1 atom stereocenters. The van der Waals surface area contributed by atoms with Gasteiger partial charge in [-0.2, -0.15) is 0 Å². The van der Waals surface area contributed by atoms with E-state index in [0.717, 1.165) is 22.3 Å². The Balaban J connectivity index is 1.38. The molecule has 33 heavy (non-hydrogen) atoms. The summed E-state index contributed by atoms with van der Waals surface area (Å²) in [5.41, 5.74) is 4.30. The highest BCUT2D eigenvalue weighted by Crippen LogP contribution is 2.44. The molecule has 0 spiro atoms. The smallest absolute Gasteiger partial charge is 0.407 e. The van der Waals surface area contributed by atoms with Crippen LogP contribution in [0.4, 0.5) is 4.79 Å². The maximum atomic E-state index is 12.5. The van der Waals surface area contributed by atoms with Gasteiger partial charge in [0.05, 0.1) is 13.0 Å². The number of amides is 2. The van der Waals surface area contributed by atoms with Crippen molar-refractivity contribution < 1.29 is 28.6 Å². The molecular formula is C25H24N2O6. The molecule has 170 valence electrons. The summed E-state index contributed by atoms with van der Waals surface area (Å²) in [6, 6.07) is 18.0. The summed E-state index contributed by atoms with van der Waals surface area (Å²) in [5.74, 6) is -0.783. The summed E-state index contributed by atoms with van der Waals surface area (Å²) in [5, 5.41) is 14.1. The Morgan fingerprint density at radius 3 is 2.21 bits per heavy atom. The van der Waals surface area contributed by atoms with Crippen LogP contribution < -0.4 is 10.6 Å². The van der Waals surface area contributed by atoms with E-state index in [0.29, 0.717) is 11.5 Å². The van der Waals surface area contributed by atoms with Gasteiger partial charge in [-0.05, 0) is 41.3 Å². The predicted molar refractivity (Wildman–Crippen MR) is 120 cm³/mol. The van der Waals surface area contributed by atoms with E-state index < -0.39 is 30.4 Å². The maximum absolute atomic E-state index is 12.5. The van der Waals surface area contributed by atoms with Crippen LogP contribution in [0.3, 0.4) is 0 Å². The zero-order chi connectivity index (χ0) is 23.4. The van der Waals surface area contributed by atoms with Crippen molar-refractivity contribution in [2.45, 2.75) is 31.8 Å². The number of carbonyl (C=O) groups is 3. The van der Waals surface area contributed by atoms with Crippen molar-refractivity contribution in [2.24, 2.45) is 0 Å². The lowest BCUT2D eigenvalue weighted by atomic mass is 9.98. The van der Waals surface area contributed by atoms with Crippen LogP contribution in [0.15, 0.2) is 65.1 Å². The van der Waals surface area contributed by atoms with Gasteiger partial charge in [0.15, 0.2) is 0 Å². The quantitative estimate of drug-likeness (QED) is 0.485. The number of carboxylic acids is 1. The van der Waals surface area contributed by atoms with Crippen LogP contribution in [0.25, 0.3) is 11.1 Å². The van der Waals surface area contributed by atoms with E-state index in [1.165, 1.54) is 0 Å². The third kappa shape index (κ3) is 5.06. The van der Waals surface area contributed by atoms with Gasteiger partial charge in [0.1, 0.15) is 24.2 Å². The number of alkyl carbamates (subject to hydrolysis) is 1. The van der Waals surface area contributed by atoms with Gasteiger partial charge in [-0.1, -0.05) is 48.5 Å². The number of carbonyl (C=O) groups excluding carboxylic acids is 2. The first-order valence-electron chi connectivity index (χ1n) is 10.6. The molecule has 0 aliphatic heterocycles. The van der Waals surface area contributed by atoms with Crippen LogP contribution in [0.2, 0.25) is 0 Å². The molecule has 4 rings (SSSR count). The highest BCUT2D eigenvalue weighted by atomic mass is 16.5. The fourth-order valence-electron chi connectivity index (χ4n) is 4.04. The Morgan fingerprint density at radius 1 is 1.00 bits per heavy atom. The van der Waals surface area contributed by atoms with Crippen LogP contribution in [0.5, 0.6) is 0 Å². The molecule has 3 N–H and O–H groups in total. The molecule has 0 fully saturated rings. The molecule has 1 aliphatic carbocycles. The van der Waals surface area contributed by atoms with Gasteiger partial charge in [0.25, 0.3) is 0 Å². The average molecular weight is 448 g/mol. The zero-order valence-corrected chi connectivity index (χ0v) is 18.0. The summed E-state index contributed by atoms with van der Waals surface area (Å²) in [4.78, 5) is 36.2. The summed E-state index contributed by atoms with van der Waals surface area (Å²) >= 11 is 0. The number of aliphatic carboxylic acids is 1. The summed E-state index contributed by atoms with van der Waals surface area (Å²) in [6.45, 7) is 1.92. The number of rotatable bonds is 8. The Kier molecular flexibility index (Phi) is 6.44. The van der Waals surface area contributed by atoms with Gasteiger partial charge in [-0.3, -0.25) is 9.59 Å². The molecule has 8 nitrogen and oxygen atoms in total. The van der Waals surface area contributed by atoms with Crippen molar-refractivity contribution >= 4 is 18.0 Å². The van der Waals surface area contributed by atoms with Gasteiger partial charge in [-0.25, -0.2) is 4.79 Å². The molecule has 2 amide bonds. The van der Waals surface area contributed by atoms with E-state index in [1.54, 1.807) is 19.1 Å². The van der Waals surface area contributed by atoms with Crippen LogP contribution in [-0.2, 0) is 20.9 Å². The van der Waals surface area contributed by atoms with Crippen molar-refractivity contribution in [1.29, 1.82) is 0 Å². The molecule has 1 unspecified atom stereocenters. The highest BCUT2D eigenvalue weighted by Gasteiger charge is 2.30. The number of aryl methyl sites for hydroxylation is 1. The average Bonchev–Trinajstić information content (AvgIpc) is 3.36. The number of ether oxygens (including phenoxy) is 1. The van der Waals surface area contributed by atoms with Gasteiger partial charge < -0.3 is 24.9 Å². The van der Waals surface area contributed by atoms with Crippen LogP contribution in [-0.4, -0.2) is 35.7 Å². The Morgan fingerprint density at radius 2 is 1.64 bits per heavy atom. The molecule has 0 bridgehead atoms. The lowest BCUT2D eigenvalue weighted by Crippen LogP contribution is -2.48. The predicted octanol–water partition coefficient (Wildman–Crippen LogP) is 3.59. The molecule has 1 aliphatic rings. The standard InChI is InChI=1S/C25H24N2O6/c1-15-10-11-16(33-15)13-26-24(30)22(12-23(28)29)27-25(31)32-14-21-19-8-4-2-6-17(19)18-7-3-5-9-20(18)21/h2-11,21-22H,12-14H2,1H3,(H,26,30)(H,27,31)(H,28,29). The minimum atomic E-state index is -1.28. The number of fused-ring (bicyclic) bond motifs is 3. The van der Waals surface area contributed by atoms with E-state index in [9.17, 15) is 14.4 Å². The number of nitrogens with one attached hydrogen (secondary N) is 2. The second-order valence-corrected chi connectivity index (χ2v) is 7.85. The third-order valence-electron chi connectivity index (χ3n) is 5.56. The SMILES string of the molecule is Cc1ccc(CNC(=O)C(CC(=O)O)NC(=O)OCC2c3ccccc3-c3ccccc32)o1. The van der Waals surface area contributed by atoms with Gasteiger partial charge in [-0.15, -0.1) is 0 Å². The molecule has 8 heteroatoms. The number of benzene rings is 2. The molecule has 0 saturated carbocycles. The van der Waals surface area contributed by atoms with Crippen LogP contribution in [0, 0.1) is 6.92 Å². The number of carboxylic acid groups (broad SMARTS) is 1. The van der Waals surface area contributed by atoms with Crippen LogP contribution >= 0.6 is 0 Å². The first kappa shape index (κ1) is 22.1. The molecular weight excluding hydrogens is 424 g/mol. The van der Waals surface area contributed by atoms with Crippen molar-refractivity contribution in [2.75, 3.05) is 6.61 Å². The van der Waals surface area contributed by atoms with Gasteiger partial charge >= 0.3 is 12.1 Å². The minimum absolute atomic E-state index is 0.0624. The van der Waals surface area contributed by atoms with Crippen molar-refractivity contribution in [3.63, 3.8) is 0 Å². The van der Waals surface area contributed by atoms with Crippen molar-refractivity contribution in [3.05, 3.63) is 83.3 Å². The molecule has 1 heterocycles. The Labute approximate surface area is 190 Å². The summed E-state index contributed by atoms with van der Waals surface area (Å²) in [7, 11) is 0. The monoisotopic (exact) mass is 448 g/mol. The van der Waals surface area contributed by atoms with Crippen molar-refractivity contribution in [1.82, 2.24) is 10.6 Å². The zero-order valence-electron chi connectivity index (χ0n) is 18.0. The number of hydrogen-bond acceptors (Lipinski definition) is 5. The Bertz CT molecular complexity index is 1140. The number of hydrogen-bond donors (Lipinski definition) is 3. The molecule has 3 aromatic rings. The first-order valence-corrected chi connectivity index (χ1v) is 10.6. The highest BCUT2D eigenvalue weighted by molar-refractivity contribution is 5.89. The fourth-order valence-corrected chi connectivity index (χ4v) is 4.04. The maximum Gasteiger partial charge on any atom is 0.407 e. The molecule has 2 aromatic carbocycles. The first-order chi connectivity index (χ1) is 15.9. The molecule has 0 radical (unpaired) electrons. The largest absolute Gasteiger partial charge is 0.481 e. The van der Waals surface area contributed by atoms with Gasteiger partial charge in [0.2, 0.25) is 5.91 Å². The third-order valence-corrected chi connectivity index (χ3v) is 5.56. The van der Waals surface area contributed by atoms with Gasteiger partial charge in [0, 0.05) is 5.92 Å². The van der Waals surface area contributed by atoms with Crippen molar-refractivity contribution in [3.8, 4) is 11.1 Å². The normalized spacial score (nSPS) is 13.0. The molecule has 1 aromatic heterocycles. The minimum Gasteiger partial charge on any atom is -0.481 e. The lowest BCUT2D eigenvalue weighted by molar-refractivity contribution is -0.139. The van der Waals surface area contributed by atoms with E-state index in [1.807, 2.05) is 48.5 Å². The van der Waals surface area contributed by atoms with Crippen LogP contribution in [0.1, 0.15) is 35.0 Å². The summed E-state index contributed by atoms with van der Waals surface area (Å²) in [6.07, 6.45) is -1.43. The topological polar surface area (TPSA) is 118 Å². The molecule has 0 saturated heterocycles. The second-order valence-electron chi connectivity index (χ2n) is 7.85. The summed E-state index contributed by atoms with van der Waals surface area (Å²) < 4.78 is 10.8. The number of furan rings is 1. The van der Waals surface area contributed by atoms with E-state index >= 15 is 0 Å². The van der Waals surface area contributed by atoms with E-state index in [-0.39, 0.29) is 19.1 Å². The lowest BCUT2D eigenvalue weighted by Gasteiger charge is -2.18. The van der Waals surface area contributed by atoms with E-state index in [4.69, 9.17) is 14.3 Å². The van der Waals surface area contributed by atoms with E-state index in [2.05, 4.69) is 10.6 Å². The Hall–Kier alpha value is -4.07. The fraction of sp³-hybridized carbons (Fsp3) is 0.240.